The van der Waals surface area contributed by atoms with E-state index in [1.165, 1.54) is 0 Å². The average molecular weight is 436 g/mol. The Bertz CT molecular complexity index is 1350. The fourth-order valence-electron chi connectivity index (χ4n) is 3.46. The molecule has 0 bridgehead atoms. The van der Waals surface area contributed by atoms with Crippen molar-refractivity contribution < 1.29 is 0 Å². The second-order valence-corrected chi connectivity index (χ2v) is 8.20. The van der Waals surface area contributed by atoms with Gasteiger partial charge in [0.25, 0.3) is 0 Å². The highest BCUT2D eigenvalue weighted by Crippen LogP contribution is 2.24. The fraction of sp³-hybridized carbons (Fsp3) is 0.0714. The van der Waals surface area contributed by atoms with Gasteiger partial charge >= 0.3 is 0 Å². The van der Waals surface area contributed by atoms with Crippen molar-refractivity contribution in [3.05, 3.63) is 106 Å². The lowest BCUT2D eigenvalue weighted by Gasteiger charge is -2.12. The van der Waals surface area contributed by atoms with Gasteiger partial charge in [0.15, 0.2) is 5.82 Å². The van der Waals surface area contributed by atoms with Gasteiger partial charge in [-0.25, -0.2) is 9.97 Å². The number of thiol groups is 1. The molecule has 4 heteroatoms. The second-order valence-electron chi connectivity index (χ2n) is 7.72. The lowest BCUT2D eigenvalue weighted by molar-refractivity contribution is 0.948. The molecular formula is C28H25N3S. The topological polar surface area (TPSA) is 30.7 Å². The van der Waals surface area contributed by atoms with E-state index in [0.29, 0.717) is 5.82 Å². The predicted octanol–water partition coefficient (Wildman–Crippen LogP) is 5.66. The molecular weight excluding hydrogens is 410 g/mol. The Morgan fingerprint density at radius 2 is 1.53 bits per heavy atom. The SMILES string of the molecule is C=Cc1cc(=C)/c(=C\C(S)=C(C)C)n1-c1cc(-c2ccccc2)nc(-c2ccccc2)n1. The van der Waals surface area contributed by atoms with Crippen molar-refractivity contribution >= 4 is 31.4 Å². The highest BCUT2D eigenvalue weighted by molar-refractivity contribution is 7.85. The van der Waals surface area contributed by atoms with Gasteiger partial charge in [-0.3, -0.25) is 4.57 Å². The van der Waals surface area contributed by atoms with E-state index in [1.54, 1.807) is 0 Å². The zero-order valence-electron chi connectivity index (χ0n) is 18.3. The highest BCUT2D eigenvalue weighted by Gasteiger charge is 2.13. The minimum Gasteiger partial charge on any atom is -0.294 e. The monoisotopic (exact) mass is 435 g/mol. The first kappa shape index (κ1) is 21.6. The Labute approximate surface area is 194 Å². The van der Waals surface area contributed by atoms with Gasteiger partial charge in [0.05, 0.1) is 11.0 Å². The molecule has 0 aliphatic carbocycles. The third-order valence-electron chi connectivity index (χ3n) is 5.19. The molecule has 0 aliphatic heterocycles. The molecule has 0 unspecified atom stereocenters. The van der Waals surface area contributed by atoms with Gasteiger partial charge in [-0.1, -0.05) is 79.4 Å². The summed E-state index contributed by atoms with van der Waals surface area (Å²) in [6.07, 6.45) is 3.85. The summed E-state index contributed by atoms with van der Waals surface area (Å²) >= 11 is 4.66. The molecule has 0 saturated heterocycles. The lowest BCUT2D eigenvalue weighted by atomic mass is 10.1. The van der Waals surface area contributed by atoms with Crippen molar-refractivity contribution in [2.24, 2.45) is 0 Å². The molecule has 0 spiro atoms. The maximum Gasteiger partial charge on any atom is 0.162 e. The van der Waals surface area contributed by atoms with Crippen LogP contribution in [0.2, 0.25) is 0 Å². The molecule has 2 heterocycles. The van der Waals surface area contributed by atoms with Crippen molar-refractivity contribution in [3.8, 4) is 28.5 Å². The van der Waals surface area contributed by atoms with E-state index in [1.807, 2.05) is 86.7 Å². The van der Waals surface area contributed by atoms with Gasteiger partial charge in [0.2, 0.25) is 0 Å². The number of benzene rings is 2. The van der Waals surface area contributed by atoms with Gasteiger partial charge in [-0.2, -0.15) is 0 Å². The van der Waals surface area contributed by atoms with Crippen LogP contribution >= 0.6 is 12.6 Å². The van der Waals surface area contributed by atoms with Gasteiger partial charge in [-0.05, 0) is 37.3 Å². The van der Waals surface area contributed by atoms with Crippen LogP contribution in [-0.2, 0) is 0 Å². The zero-order valence-corrected chi connectivity index (χ0v) is 19.2. The van der Waals surface area contributed by atoms with E-state index in [4.69, 9.17) is 9.97 Å². The summed E-state index contributed by atoms with van der Waals surface area (Å²) in [4.78, 5) is 10.7. The van der Waals surface area contributed by atoms with Gasteiger partial charge < -0.3 is 0 Å². The first-order chi connectivity index (χ1) is 15.5. The van der Waals surface area contributed by atoms with Crippen LogP contribution in [-0.4, -0.2) is 14.5 Å². The third kappa shape index (κ3) is 4.36. The summed E-state index contributed by atoms with van der Waals surface area (Å²) in [6, 6.07) is 24.2. The molecule has 0 amide bonds. The van der Waals surface area contributed by atoms with Crippen LogP contribution in [0.1, 0.15) is 19.5 Å². The standard InChI is InChI=1S/C28H25N3S/c1-5-23-16-20(4)25(18-26(32)19(2)3)31(23)27-17-24(21-12-8-6-9-13-21)29-28(30-27)22-14-10-7-11-15-22/h5-18,32H,1,4H2,2-3H3/b25-18+. The molecule has 0 aliphatic rings. The summed E-state index contributed by atoms with van der Waals surface area (Å²) in [7, 11) is 0. The number of hydrogen-bond acceptors (Lipinski definition) is 3. The van der Waals surface area contributed by atoms with Crippen LogP contribution in [0.4, 0.5) is 0 Å². The lowest BCUT2D eigenvalue weighted by Crippen LogP contribution is -2.28. The number of allylic oxidation sites excluding steroid dienone is 2. The average Bonchev–Trinajstić information content (AvgIpc) is 3.14. The van der Waals surface area contributed by atoms with Crippen LogP contribution < -0.4 is 10.6 Å². The Hall–Kier alpha value is -3.63. The van der Waals surface area contributed by atoms with E-state index in [2.05, 4.69) is 42.5 Å². The van der Waals surface area contributed by atoms with E-state index in [9.17, 15) is 0 Å². The maximum absolute atomic E-state index is 4.95. The first-order valence-electron chi connectivity index (χ1n) is 10.4. The number of nitrogens with zero attached hydrogens (tertiary/aromatic N) is 3. The van der Waals surface area contributed by atoms with Crippen molar-refractivity contribution in [1.29, 1.82) is 0 Å². The maximum atomic E-state index is 4.95. The molecule has 32 heavy (non-hydrogen) atoms. The van der Waals surface area contributed by atoms with Crippen LogP contribution in [0.5, 0.6) is 0 Å². The van der Waals surface area contributed by atoms with Crippen molar-refractivity contribution in [3.63, 3.8) is 0 Å². The molecule has 0 N–H and O–H groups in total. The van der Waals surface area contributed by atoms with Crippen LogP contribution in [0.25, 0.3) is 47.2 Å². The smallest absolute Gasteiger partial charge is 0.162 e. The summed E-state index contributed by atoms with van der Waals surface area (Å²) in [5.41, 5.74) is 4.87. The molecule has 0 atom stereocenters. The summed E-state index contributed by atoms with van der Waals surface area (Å²) < 4.78 is 2.06. The van der Waals surface area contributed by atoms with Gasteiger partial charge in [0.1, 0.15) is 5.82 Å². The van der Waals surface area contributed by atoms with Gasteiger partial charge in [-0.15, -0.1) is 12.6 Å². The summed E-state index contributed by atoms with van der Waals surface area (Å²) in [5.74, 6) is 1.42. The van der Waals surface area contributed by atoms with Crippen LogP contribution in [0.3, 0.4) is 0 Å². The summed E-state index contributed by atoms with van der Waals surface area (Å²) in [6.45, 7) is 12.3. The van der Waals surface area contributed by atoms with Crippen molar-refractivity contribution in [2.75, 3.05) is 0 Å². The quantitative estimate of drug-likeness (QED) is 0.410. The van der Waals surface area contributed by atoms with Crippen LogP contribution in [0, 0.1) is 0 Å². The second kappa shape index (κ2) is 9.25. The predicted molar refractivity (Wildman–Crippen MR) is 139 cm³/mol. The molecule has 3 nitrogen and oxygen atoms in total. The molecule has 2 aromatic heterocycles. The highest BCUT2D eigenvalue weighted by atomic mass is 32.1. The molecule has 158 valence electrons. The fourth-order valence-corrected chi connectivity index (χ4v) is 3.58. The van der Waals surface area contributed by atoms with Crippen LogP contribution in [0.15, 0.2) is 89.9 Å². The number of aromatic nitrogens is 3. The Kier molecular flexibility index (Phi) is 6.24. The minimum absolute atomic E-state index is 0.663. The normalized spacial score (nSPS) is 11.4. The molecule has 4 rings (SSSR count). The van der Waals surface area contributed by atoms with E-state index in [0.717, 1.165) is 49.4 Å². The first-order valence-corrected chi connectivity index (χ1v) is 10.8. The molecule has 4 aromatic rings. The Balaban J connectivity index is 2.06. The molecule has 0 saturated carbocycles. The van der Waals surface area contributed by atoms with Crippen molar-refractivity contribution in [1.82, 2.24) is 14.5 Å². The molecule has 0 radical (unpaired) electrons. The Morgan fingerprint density at radius 1 is 0.906 bits per heavy atom. The summed E-state index contributed by atoms with van der Waals surface area (Å²) in [5, 5.41) is 1.80. The van der Waals surface area contributed by atoms with E-state index in [-0.39, 0.29) is 0 Å². The largest absolute Gasteiger partial charge is 0.294 e. The van der Waals surface area contributed by atoms with Crippen molar-refractivity contribution in [2.45, 2.75) is 13.8 Å². The Morgan fingerprint density at radius 3 is 2.12 bits per heavy atom. The zero-order chi connectivity index (χ0) is 22.7. The number of rotatable bonds is 5. The minimum atomic E-state index is 0.663. The van der Waals surface area contributed by atoms with Gasteiger partial charge in [0, 0.05) is 27.8 Å². The molecule has 2 aromatic carbocycles. The van der Waals surface area contributed by atoms with E-state index >= 15 is 0 Å². The van der Waals surface area contributed by atoms with E-state index < -0.39 is 0 Å². The third-order valence-corrected chi connectivity index (χ3v) is 5.76. The molecule has 0 fully saturated rings. The number of hydrogen-bond donors (Lipinski definition) is 1.